The average molecular weight is 443 g/mol. The summed E-state index contributed by atoms with van der Waals surface area (Å²) in [5, 5.41) is 3.85. The van der Waals surface area contributed by atoms with Gasteiger partial charge >= 0.3 is 6.01 Å². The highest BCUT2D eigenvalue weighted by atomic mass is 32.2. The van der Waals surface area contributed by atoms with Crippen molar-refractivity contribution in [1.29, 1.82) is 0 Å². The van der Waals surface area contributed by atoms with Crippen LogP contribution in [0.3, 0.4) is 0 Å². The van der Waals surface area contributed by atoms with E-state index in [-0.39, 0.29) is 23.6 Å². The zero-order valence-corrected chi connectivity index (χ0v) is 17.5. The van der Waals surface area contributed by atoms with Gasteiger partial charge in [0.05, 0.1) is 5.75 Å². The SMILES string of the molecule is O=C(NNc1nc(-c2ccncc2)no1)C1CCN(S(=O)(=O)Cc2ccccc2)CC1. The highest BCUT2D eigenvalue weighted by Crippen LogP contribution is 2.22. The first-order chi connectivity index (χ1) is 15.0. The Morgan fingerprint density at radius 1 is 1.10 bits per heavy atom. The van der Waals surface area contributed by atoms with Crippen molar-refractivity contribution in [2.24, 2.45) is 5.92 Å². The van der Waals surface area contributed by atoms with Crippen molar-refractivity contribution in [3.05, 3.63) is 60.4 Å². The molecule has 3 heterocycles. The van der Waals surface area contributed by atoms with Crippen molar-refractivity contribution in [1.82, 2.24) is 24.9 Å². The largest absolute Gasteiger partial charge is 0.340 e. The molecule has 1 aliphatic heterocycles. The molecule has 1 aliphatic rings. The minimum atomic E-state index is -3.42. The Hall–Kier alpha value is -3.31. The first kappa shape index (κ1) is 20.9. The maximum Gasteiger partial charge on any atom is 0.340 e. The van der Waals surface area contributed by atoms with Gasteiger partial charge in [0.25, 0.3) is 0 Å². The molecule has 0 radical (unpaired) electrons. The lowest BCUT2D eigenvalue weighted by molar-refractivity contribution is -0.125. The van der Waals surface area contributed by atoms with Crippen molar-refractivity contribution in [2.75, 3.05) is 18.5 Å². The van der Waals surface area contributed by atoms with E-state index in [9.17, 15) is 13.2 Å². The highest BCUT2D eigenvalue weighted by Gasteiger charge is 2.31. The van der Waals surface area contributed by atoms with Crippen LogP contribution in [0.5, 0.6) is 0 Å². The van der Waals surface area contributed by atoms with Gasteiger partial charge in [-0.15, -0.1) is 0 Å². The molecule has 2 N–H and O–H groups in total. The minimum Gasteiger partial charge on any atom is -0.313 e. The zero-order chi connectivity index (χ0) is 21.7. The Balaban J connectivity index is 1.26. The van der Waals surface area contributed by atoms with E-state index < -0.39 is 10.0 Å². The van der Waals surface area contributed by atoms with E-state index >= 15 is 0 Å². The van der Waals surface area contributed by atoms with Gasteiger partial charge < -0.3 is 4.52 Å². The van der Waals surface area contributed by atoms with Gasteiger partial charge in [0.2, 0.25) is 21.8 Å². The van der Waals surface area contributed by atoms with Crippen LogP contribution in [0.15, 0.2) is 59.4 Å². The number of carbonyl (C=O) groups is 1. The molecule has 0 unspecified atom stereocenters. The number of anilines is 1. The summed E-state index contributed by atoms with van der Waals surface area (Å²) in [7, 11) is -3.42. The Morgan fingerprint density at radius 3 is 2.52 bits per heavy atom. The number of rotatable bonds is 7. The number of hydrogen-bond acceptors (Lipinski definition) is 8. The number of sulfonamides is 1. The van der Waals surface area contributed by atoms with Crippen LogP contribution in [0.25, 0.3) is 11.4 Å². The van der Waals surface area contributed by atoms with Crippen molar-refractivity contribution >= 4 is 21.9 Å². The van der Waals surface area contributed by atoms with Crippen LogP contribution in [-0.4, -0.2) is 46.8 Å². The molecule has 0 aliphatic carbocycles. The summed E-state index contributed by atoms with van der Waals surface area (Å²) in [6.07, 6.45) is 4.11. The normalized spacial score (nSPS) is 15.5. The maximum absolute atomic E-state index is 12.6. The zero-order valence-electron chi connectivity index (χ0n) is 16.6. The molecule has 1 saturated heterocycles. The molecule has 11 heteroatoms. The lowest BCUT2D eigenvalue weighted by atomic mass is 9.98. The quantitative estimate of drug-likeness (QED) is 0.530. The number of benzene rings is 1. The summed E-state index contributed by atoms with van der Waals surface area (Å²) in [6.45, 7) is 0.611. The summed E-state index contributed by atoms with van der Waals surface area (Å²) < 4.78 is 31.8. The van der Waals surface area contributed by atoms with E-state index in [0.717, 1.165) is 11.1 Å². The van der Waals surface area contributed by atoms with Gasteiger partial charge in [0, 0.05) is 37.0 Å². The lowest BCUT2D eigenvalue weighted by Crippen LogP contribution is -2.44. The first-order valence-corrected chi connectivity index (χ1v) is 11.4. The number of hydrogen-bond donors (Lipinski definition) is 2. The number of carbonyl (C=O) groups excluding carboxylic acids is 1. The monoisotopic (exact) mass is 442 g/mol. The molecular formula is C20H22N6O4S. The molecule has 0 atom stereocenters. The summed E-state index contributed by atoms with van der Waals surface area (Å²) in [5.74, 6) is -0.221. The van der Waals surface area contributed by atoms with Gasteiger partial charge in [-0.3, -0.25) is 15.2 Å². The molecule has 0 bridgehead atoms. The third-order valence-corrected chi connectivity index (χ3v) is 6.92. The molecule has 1 aromatic carbocycles. The second kappa shape index (κ2) is 9.23. The third kappa shape index (κ3) is 5.25. The van der Waals surface area contributed by atoms with E-state index in [1.165, 1.54) is 4.31 Å². The molecular weight excluding hydrogens is 420 g/mol. The average Bonchev–Trinajstić information content (AvgIpc) is 3.28. The summed E-state index contributed by atoms with van der Waals surface area (Å²) >= 11 is 0. The summed E-state index contributed by atoms with van der Waals surface area (Å²) in [6, 6.07) is 12.6. The number of aromatic nitrogens is 3. The second-order valence-corrected chi connectivity index (χ2v) is 9.16. The topological polar surface area (TPSA) is 130 Å². The molecule has 0 saturated carbocycles. The van der Waals surface area contributed by atoms with E-state index in [1.54, 1.807) is 36.7 Å². The molecule has 4 rings (SSSR count). The predicted octanol–water partition coefficient (Wildman–Crippen LogP) is 1.82. The van der Waals surface area contributed by atoms with Crippen molar-refractivity contribution in [3.63, 3.8) is 0 Å². The number of nitrogens with zero attached hydrogens (tertiary/aromatic N) is 4. The fraction of sp³-hybridized carbons (Fsp3) is 0.300. The van der Waals surface area contributed by atoms with Gasteiger partial charge in [-0.2, -0.15) is 4.98 Å². The lowest BCUT2D eigenvalue weighted by Gasteiger charge is -2.30. The van der Waals surface area contributed by atoms with Crippen LogP contribution in [0.2, 0.25) is 0 Å². The van der Waals surface area contributed by atoms with Crippen LogP contribution in [-0.2, 0) is 20.6 Å². The van der Waals surface area contributed by atoms with Crippen LogP contribution < -0.4 is 10.9 Å². The van der Waals surface area contributed by atoms with E-state index in [2.05, 4.69) is 26.0 Å². The Morgan fingerprint density at radius 2 is 1.81 bits per heavy atom. The minimum absolute atomic E-state index is 0.0385. The van der Waals surface area contributed by atoms with E-state index in [4.69, 9.17) is 4.52 Å². The molecule has 1 amide bonds. The molecule has 3 aromatic rings. The third-order valence-electron chi connectivity index (χ3n) is 5.07. The Bertz CT molecular complexity index is 1110. The van der Waals surface area contributed by atoms with Gasteiger partial charge in [-0.05, 0) is 30.5 Å². The standard InChI is InChI=1S/C20H22N6O4S/c27-19(23-24-20-22-18(25-30-20)16-6-10-21-11-7-16)17-8-12-26(13-9-17)31(28,29)14-15-4-2-1-3-5-15/h1-7,10-11,17H,8-9,12-14H2,(H,23,27)(H,22,24,25). The number of amides is 1. The fourth-order valence-electron chi connectivity index (χ4n) is 3.38. The molecule has 31 heavy (non-hydrogen) atoms. The summed E-state index contributed by atoms with van der Waals surface area (Å²) in [4.78, 5) is 20.5. The molecule has 2 aromatic heterocycles. The molecule has 162 valence electrons. The maximum atomic E-state index is 12.6. The Kier molecular flexibility index (Phi) is 6.23. The number of piperidine rings is 1. The first-order valence-electron chi connectivity index (χ1n) is 9.83. The highest BCUT2D eigenvalue weighted by molar-refractivity contribution is 7.88. The van der Waals surface area contributed by atoms with E-state index in [0.29, 0.717) is 31.8 Å². The van der Waals surface area contributed by atoms with Crippen molar-refractivity contribution < 1.29 is 17.7 Å². The van der Waals surface area contributed by atoms with Gasteiger partial charge in [0.1, 0.15) is 0 Å². The van der Waals surface area contributed by atoms with Gasteiger partial charge in [-0.1, -0.05) is 35.5 Å². The van der Waals surface area contributed by atoms with Crippen LogP contribution >= 0.6 is 0 Å². The number of pyridine rings is 1. The molecule has 0 spiro atoms. The van der Waals surface area contributed by atoms with Gasteiger partial charge in [-0.25, -0.2) is 18.1 Å². The predicted molar refractivity (Wildman–Crippen MR) is 113 cm³/mol. The number of hydrazine groups is 1. The van der Waals surface area contributed by atoms with Crippen LogP contribution in [0, 0.1) is 5.92 Å². The van der Waals surface area contributed by atoms with Gasteiger partial charge in [0.15, 0.2) is 0 Å². The molecule has 1 fully saturated rings. The molecule has 10 nitrogen and oxygen atoms in total. The second-order valence-electron chi connectivity index (χ2n) is 7.19. The number of nitrogens with one attached hydrogen (secondary N) is 2. The smallest absolute Gasteiger partial charge is 0.313 e. The summed E-state index contributed by atoms with van der Waals surface area (Å²) in [5.41, 5.74) is 6.67. The van der Waals surface area contributed by atoms with Crippen molar-refractivity contribution in [3.8, 4) is 11.4 Å². The van der Waals surface area contributed by atoms with E-state index in [1.807, 2.05) is 18.2 Å². The fourth-order valence-corrected chi connectivity index (χ4v) is 4.95. The van der Waals surface area contributed by atoms with Crippen LogP contribution in [0.1, 0.15) is 18.4 Å². The Labute approximate surface area is 179 Å². The van der Waals surface area contributed by atoms with Crippen LogP contribution in [0.4, 0.5) is 6.01 Å². The van der Waals surface area contributed by atoms with Crippen molar-refractivity contribution in [2.45, 2.75) is 18.6 Å².